The minimum atomic E-state index is -0.512. The Morgan fingerprint density at radius 3 is 2.31 bits per heavy atom. The molecule has 1 amide bonds. The number of amides is 1. The van der Waals surface area contributed by atoms with Crippen molar-refractivity contribution < 1.29 is 9.90 Å². The van der Waals surface area contributed by atoms with Crippen molar-refractivity contribution in [3.8, 4) is 5.88 Å². The van der Waals surface area contributed by atoms with Gasteiger partial charge in [0.15, 0.2) is 5.88 Å². The van der Waals surface area contributed by atoms with Crippen LogP contribution in [0.25, 0.3) is 10.9 Å². The van der Waals surface area contributed by atoms with E-state index in [0.29, 0.717) is 22.4 Å². The lowest BCUT2D eigenvalue weighted by molar-refractivity contribution is 0.100. The molecule has 0 aliphatic heterocycles. The molecule has 0 fully saturated rings. The predicted molar refractivity (Wildman–Crippen MR) is 128 cm³/mol. The Bertz CT molecular complexity index is 1270. The zero-order chi connectivity index (χ0) is 22.7. The first-order chi connectivity index (χ1) is 15.4. The van der Waals surface area contributed by atoms with Crippen LogP contribution in [0.1, 0.15) is 34.0 Å². The monoisotopic (exact) mass is 426 g/mol. The zero-order valence-corrected chi connectivity index (χ0v) is 18.2. The molecule has 3 aromatic carbocycles. The summed E-state index contributed by atoms with van der Waals surface area (Å²) in [5, 5.41) is 11.2. The maximum absolute atomic E-state index is 11.4. The van der Waals surface area contributed by atoms with Crippen LogP contribution in [0.4, 0.5) is 5.69 Å². The van der Waals surface area contributed by atoms with Gasteiger partial charge in [0, 0.05) is 29.6 Å². The number of nitrogens with zero attached hydrogens (tertiary/aromatic N) is 2. The van der Waals surface area contributed by atoms with Gasteiger partial charge in [-0.25, -0.2) is 0 Å². The number of aromatic nitrogens is 1. The summed E-state index contributed by atoms with van der Waals surface area (Å²) in [5.41, 5.74) is 11.0. The molecule has 32 heavy (non-hydrogen) atoms. The summed E-state index contributed by atoms with van der Waals surface area (Å²) < 4.78 is 0. The summed E-state index contributed by atoms with van der Waals surface area (Å²) in [4.78, 5) is 21.3. The lowest BCUT2D eigenvalue weighted by Crippen LogP contribution is -2.17. The number of nitrogens with one attached hydrogen (secondary N) is 1. The highest BCUT2D eigenvalue weighted by atomic mass is 16.3. The van der Waals surface area contributed by atoms with E-state index in [0.717, 1.165) is 24.2 Å². The van der Waals surface area contributed by atoms with E-state index in [-0.39, 0.29) is 5.88 Å². The van der Waals surface area contributed by atoms with Crippen molar-refractivity contribution in [1.82, 2.24) is 9.88 Å². The predicted octanol–water partition coefficient (Wildman–Crippen LogP) is 4.75. The molecule has 162 valence electrons. The second kappa shape index (κ2) is 9.08. The van der Waals surface area contributed by atoms with Gasteiger partial charge in [0.1, 0.15) is 0 Å². The Balaban J connectivity index is 1.50. The van der Waals surface area contributed by atoms with Crippen LogP contribution in [0.2, 0.25) is 0 Å². The number of primary amides is 1. The van der Waals surface area contributed by atoms with Crippen molar-refractivity contribution in [2.24, 2.45) is 10.7 Å². The maximum atomic E-state index is 11.4. The Morgan fingerprint density at radius 2 is 1.66 bits per heavy atom. The van der Waals surface area contributed by atoms with Crippen LogP contribution in [-0.4, -0.2) is 33.7 Å². The van der Waals surface area contributed by atoms with Gasteiger partial charge in [-0.05, 0) is 49.4 Å². The number of benzene rings is 3. The first kappa shape index (κ1) is 21.3. The van der Waals surface area contributed by atoms with Crippen molar-refractivity contribution in [1.29, 1.82) is 0 Å². The number of carbonyl (C=O) groups excluding carboxylic acids is 1. The lowest BCUT2D eigenvalue weighted by atomic mass is 10.1. The standard InChI is InChI=1S/C26H26N4O2/c1-17(24-22-13-10-20(25(27)31)14-23(22)29-26(24)32)28-21-11-8-19(9-12-21)16-30(2)15-18-6-4-3-5-7-18/h3-14,29,32H,15-16H2,1-2H3,(H2,27,31). The van der Waals surface area contributed by atoms with Crippen molar-refractivity contribution >= 4 is 28.2 Å². The van der Waals surface area contributed by atoms with Gasteiger partial charge in [-0.3, -0.25) is 14.7 Å². The molecule has 0 aliphatic rings. The third-order valence-electron chi connectivity index (χ3n) is 5.41. The van der Waals surface area contributed by atoms with Crippen LogP contribution in [0.3, 0.4) is 0 Å². The minimum Gasteiger partial charge on any atom is -0.494 e. The normalized spacial score (nSPS) is 11.9. The fourth-order valence-corrected chi connectivity index (χ4v) is 3.89. The zero-order valence-electron chi connectivity index (χ0n) is 18.2. The second-order valence-corrected chi connectivity index (χ2v) is 7.99. The fourth-order valence-electron chi connectivity index (χ4n) is 3.89. The van der Waals surface area contributed by atoms with Gasteiger partial charge in [-0.1, -0.05) is 48.5 Å². The van der Waals surface area contributed by atoms with Crippen LogP contribution < -0.4 is 5.73 Å². The number of hydrogen-bond donors (Lipinski definition) is 3. The Kier molecular flexibility index (Phi) is 6.05. The van der Waals surface area contributed by atoms with E-state index in [4.69, 9.17) is 5.73 Å². The van der Waals surface area contributed by atoms with Crippen LogP contribution in [0, 0.1) is 0 Å². The Morgan fingerprint density at radius 1 is 1.00 bits per heavy atom. The summed E-state index contributed by atoms with van der Waals surface area (Å²) in [6.07, 6.45) is 0. The van der Waals surface area contributed by atoms with Gasteiger partial charge in [-0.2, -0.15) is 0 Å². The average molecular weight is 427 g/mol. The summed E-state index contributed by atoms with van der Waals surface area (Å²) in [6, 6.07) is 23.6. The van der Waals surface area contributed by atoms with E-state index in [9.17, 15) is 9.90 Å². The summed E-state index contributed by atoms with van der Waals surface area (Å²) >= 11 is 0. The van der Waals surface area contributed by atoms with E-state index >= 15 is 0 Å². The summed E-state index contributed by atoms with van der Waals surface area (Å²) in [7, 11) is 2.10. The third-order valence-corrected chi connectivity index (χ3v) is 5.41. The molecule has 0 spiro atoms. The van der Waals surface area contributed by atoms with E-state index < -0.39 is 5.91 Å². The topological polar surface area (TPSA) is 94.7 Å². The number of hydrogen-bond acceptors (Lipinski definition) is 4. The molecule has 0 radical (unpaired) electrons. The Labute approximate surface area is 187 Å². The molecule has 4 aromatic rings. The van der Waals surface area contributed by atoms with Crippen LogP contribution >= 0.6 is 0 Å². The molecule has 0 bridgehead atoms. The molecule has 4 N–H and O–H groups in total. The number of aromatic hydroxyl groups is 1. The third kappa shape index (κ3) is 4.71. The lowest BCUT2D eigenvalue weighted by Gasteiger charge is -2.16. The van der Waals surface area contributed by atoms with Gasteiger partial charge in [0.2, 0.25) is 5.91 Å². The molecule has 0 unspecified atom stereocenters. The maximum Gasteiger partial charge on any atom is 0.248 e. The van der Waals surface area contributed by atoms with Crippen molar-refractivity contribution in [2.45, 2.75) is 20.0 Å². The number of aliphatic imine (C=N–C) groups is 1. The largest absolute Gasteiger partial charge is 0.494 e. The highest BCUT2D eigenvalue weighted by molar-refractivity contribution is 6.13. The Hall–Kier alpha value is -3.90. The fraction of sp³-hybridized carbons (Fsp3) is 0.154. The molecule has 0 aliphatic carbocycles. The number of carbonyl (C=O) groups is 1. The smallest absolute Gasteiger partial charge is 0.248 e. The van der Waals surface area contributed by atoms with Crippen molar-refractivity contribution in [3.63, 3.8) is 0 Å². The molecular weight excluding hydrogens is 400 g/mol. The van der Waals surface area contributed by atoms with E-state index in [1.54, 1.807) is 18.2 Å². The molecule has 0 saturated heterocycles. The number of fused-ring (bicyclic) bond motifs is 1. The molecule has 0 atom stereocenters. The van der Waals surface area contributed by atoms with Gasteiger partial charge in [0.25, 0.3) is 0 Å². The van der Waals surface area contributed by atoms with Crippen LogP contribution in [0.15, 0.2) is 77.8 Å². The van der Waals surface area contributed by atoms with Crippen LogP contribution in [0.5, 0.6) is 5.88 Å². The van der Waals surface area contributed by atoms with E-state index in [1.807, 2.05) is 25.1 Å². The first-order valence-electron chi connectivity index (χ1n) is 10.4. The first-order valence-corrected chi connectivity index (χ1v) is 10.4. The summed E-state index contributed by atoms with van der Waals surface area (Å²) in [5.74, 6) is -0.496. The van der Waals surface area contributed by atoms with Gasteiger partial charge >= 0.3 is 0 Å². The van der Waals surface area contributed by atoms with Crippen molar-refractivity contribution in [2.75, 3.05) is 7.05 Å². The van der Waals surface area contributed by atoms with Gasteiger partial charge in [-0.15, -0.1) is 0 Å². The number of rotatable bonds is 7. The average Bonchev–Trinajstić information content (AvgIpc) is 3.10. The molecule has 6 heteroatoms. The molecule has 6 nitrogen and oxygen atoms in total. The molecule has 0 saturated carbocycles. The molecule has 4 rings (SSSR count). The number of nitrogens with two attached hydrogens (primary N) is 1. The quantitative estimate of drug-likeness (QED) is 0.372. The van der Waals surface area contributed by atoms with Crippen molar-refractivity contribution in [3.05, 3.63) is 95.1 Å². The summed E-state index contributed by atoms with van der Waals surface area (Å²) in [6.45, 7) is 3.58. The van der Waals surface area contributed by atoms with E-state index in [2.05, 4.69) is 58.3 Å². The highest BCUT2D eigenvalue weighted by Gasteiger charge is 2.15. The SMILES string of the molecule is CC(=Nc1ccc(CN(C)Cc2ccccc2)cc1)c1c(O)[nH]c2cc(C(N)=O)ccc12. The highest BCUT2D eigenvalue weighted by Crippen LogP contribution is 2.30. The van der Waals surface area contributed by atoms with Gasteiger partial charge < -0.3 is 15.8 Å². The number of aromatic amines is 1. The number of H-pyrrole nitrogens is 1. The second-order valence-electron chi connectivity index (χ2n) is 7.99. The van der Waals surface area contributed by atoms with E-state index in [1.165, 1.54) is 11.1 Å². The molecule has 1 aromatic heterocycles. The molecular formula is C26H26N4O2. The molecule has 1 heterocycles. The van der Waals surface area contributed by atoms with Gasteiger partial charge in [0.05, 0.1) is 17.0 Å². The van der Waals surface area contributed by atoms with Crippen LogP contribution in [-0.2, 0) is 13.1 Å². The minimum absolute atomic E-state index is 0.0158.